The summed E-state index contributed by atoms with van der Waals surface area (Å²) in [7, 11) is 1.52. The molecule has 1 unspecified atom stereocenters. The molecule has 9 heteroatoms. The van der Waals surface area contributed by atoms with E-state index in [1.54, 1.807) is 42.6 Å². The predicted molar refractivity (Wildman–Crippen MR) is 131 cm³/mol. The Bertz CT molecular complexity index is 1220. The number of carbonyl (C=O) groups is 4. The molecule has 0 bridgehead atoms. The molecule has 0 spiro atoms. The van der Waals surface area contributed by atoms with Gasteiger partial charge in [0, 0.05) is 36.5 Å². The summed E-state index contributed by atoms with van der Waals surface area (Å²) in [6.07, 6.45) is 0.720. The first-order valence-electron chi connectivity index (χ1n) is 10.7. The molecule has 0 aliphatic heterocycles. The van der Waals surface area contributed by atoms with Crippen molar-refractivity contribution in [1.82, 2.24) is 9.88 Å². The molecular weight excluding hydrogens is 456 g/mol. The summed E-state index contributed by atoms with van der Waals surface area (Å²) in [6.45, 7) is 3.17. The smallest absolute Gasteiger partial charge is 0.416 e. The largest absolute Gasteiger partial charge is 0.497 e. The topological polar surface area (TPSA) is 115 Å². The molecule has 0 radical (unpaired) electrons. The zero-order valence-electron chi connectivity index (χ0n) is 19.1. The van der Waals surface area contributed by atoms with Crippen molar-refractivity contribution < 1.29 is 29.0 Å². The first-order chi connectivity index (χ1) is 16.2. The number of rotatable bonds is 9. The number of carbonyl (C=O) groups excluding carboxylic acids is 3. The number of methoxy groups -OCH3 is 1. The SMILES string of the molecule is COc1ccc(C(=O)C(CC(=O)N[C@H](C)Cc2cn(C(=O)O)c3ccccc23)SC(C)=O)cc1. The monoisotopic (exact) mass is 482 g/mol. The molecule has 3 aromatic rings. The highest BCUT2D eigenvalue weighted by Gasteiger charge is 2.26. The quantitative estimate of drug-likeness (QED) is 0.441. The van der Waals surface area contributed by atoms with Gasteiger partial charge in [-0.3, -0.25) is 19.0 Å². The van der Waals surface area contributed by atoms with Gasteiger partial charge in [-0.2, -0.15) is 0 Å². The number of thioether (sulfide) groups is 1. The number of nitrogens with one attached hydrogen (secondary N) is 1. The van der Waals surface area contributed by atoms with Crippen LogP contribution in [0.25, 0.3) is 10.9 Å². The summed E-state index contributed by atoms with van der Waals surface area (Å²) in [5.74, 6) is -0.0755. The number of ether oxygens (including phenoxy) is 1. The molecule has 0 fully saturated rings. The van der Waals surface area contributed by atoms with Gasteiger partial charge in [0.1, 0.15) is 5.75 Å². The standard InChI is InChI=1S/C25H26N2O6S/c1-15(12-18-14-27(25(31)32)21-7-5-4-6-20(18)21)26-23(29)13-22(34-16(2)28)24(30)17-8-10-19(33-3)11-9-17/h4-11,14-15,22H,12-13H2,1-3H3,(H,26,29)(H,31,32)/t15-,22?/m1/s1. The highest BCUT2D eigenvalue weighted by molar-refractivity contribution is 8.14. The lowest BCUT2D eigenvalue weighted by atomic mass is 10.0. The molecule has 1 heterocycles. The van der Waals surface area contributed by atoms with Crippen LogP contribution in [-0.4, -0.2) is 51.0 Å². The number of carboxylic acid groups (broad SMARTS) is 1. The summed E-state index contributed by atoms with van der Waals surface area (Å²) in [4.78, 5) is 49.0. The third-order valence-electron chi connectivity index (χ3n) is 5.28. The van der Waals surface area contributed by atoms with Gasteiger partial charge in [0.15, 0.2) is 10.9 Å². The lowest BCUT2D eigenvalue weighted by Crippen LogP contribution is -2.37. The van der Waals surface area contributed by atoms with Crippen molar-refractivity contribution in [3.05, 3.63) is 65.9 Å². The minimum Gasteiger partial charge on any atom is -0.497 e. The zero-order valence-corrected chi connectivity index (χ0v) is 19.9. The number of hydrogen-bond donors (Lipinski definition) is 2. The van der Waals surface area contributed by atoms with E-state index in [9.17, 15) is 24.3 Å². The van der Waals surface area contributed by atoms with Gasteiger partial charge in [-0.25, -0.2) is 4.79 Å². The molecule has 0 saturated heterocycles. The molecular formula is C25H26N2O6S. The first-order valence-corrected chi connectivity index (χ1v) is 11.5. The lowest BCUT2D eigenvalue weighted by Gasteiger charge is -2.17. The average Bonchev–Trinajstić information content (AvgIpc) is 3.16. The Morgan fingerprint density at radius 2 is 1.76 bits per heavy atom. The molecule has 0 aliphatic rings. The zero-order chi connectivity index (χ0) is 24.8. The fourth-order valence-corrected chi connectivity index (χ4v) is 4.66. The number of ketones is 1. The van der Waals surface area contributed by atoms with E-state index in [0.29, 0.717) is 23.3 Å². The first kappa shape index (κ1) is 25.0. The molecule has 2 N–H and O–H groups in total. The van der Waals surface area contributed by atoms with Crippen molar-refractivity contribution in [3.63, 3.8) is 0 Å². The van der Waals surface area contributed by atoms with Crippen LogP contribution in [0.3, 0.4) is 0 Å². The van der Waals surface area contributed by atoms with Crippen LogP contribution >= 0.6 is 11.8 Å². The highest BCUT2D eigenvalue weighted by atomic mass is 32.2. The van der Waals surface area contributed by atoms with E-state index in [-0.39, 0.29) is 29.3 Å². The van der Waals surface area contributed by atoms with Crippen LogP contribution in [0.1, 0.15) is 36.2 Å². The summed E-state index contributed by atoms with van der Waals surface area (Å²) in [5, 5.41) is 12.0. The average molecular weight is 483 g/mol. The Kier molecular flexibility index (Phi) is 8.12. The minimum atomic E-state index is -1.08. The van der Waals surface area contributed by atoms with Crippen LogP contribution in [0.2, 0.25) is 0 Å². The van der Waals surface area contributed by atoms with Crippen LogP contribution in [0, 0.1) is 0 Å². The fourth-order valence-electron chi connectivity index (χ4n) is 3.78. The van der Waals surface area contributed by atoms with Crippen molar-refractivity contribution in [1.29, 1.82) is 0 Å². The normalized spacial score (nSPS) is 12.7. The van der Waals surface area contributed by atoms with Gasteiger partial charge in [-0.05, 0) is 49.2 Å². The highest BCUT2D eigenvalue weighted by Crippen LogP contribution is 2.24. The van der Waals surface area contributed by atoms with Crippen molar-refractivity contribution in [2.75, 3.05) is 7.11 Å². The van der Waals surface area contributed by atoms with Crippen molar-refractivity contribution in [3.8, 4) is 5.75 Å². The Labute approximate surface area is 201 Å². The molecule has 0 aliphatic carbocycles. The predicted octanol–water partition coefficient (Wildman–Crippen LogP) is 4.14. The second-order valence-corrected chi connectivity index (χ2v) is 9.27. The van der Waals surface area contributed by atoms with Crippen LogP contribution in [0.4, 0.5) is 4.79 Å². The molecule has 178 valence electrons. The molecule has 2 aromatic carbocycles. The van der Waals surface area contributed by atoms with E-state index in [1.165, 1.54) is 14.0 Å². The molecule has 0 saturated carbocycles. The van der Waals surface area contributed by atoms with E-state index in [0.717, 1.165) is 27.3 Å². The van der Waals surface area contributed by atoms with E-state index >= 15 is 0 Å². The maximum atomic E-state index is 13.0. The number of nitrogens with zero attached hydrogens (tertiary/aromatic N) is 1. The second kappa shape index (κ2) is 11.0. The number of Topliss-reactive ketones (excluding diaryl/α,β-unsaturated/α-hetero) is 1. The van der Waals surface area contributed by atoms with Gasteiger partial charge >= 0.3 is 6.09 Å². The third-order valence-corrected chi connectivity index (χ3v) is 6.28. The summed E-state index contributed by atoms with van der Waals surface area (Å²) >= 11 is 0.831. The van der Waals surface area contributed by atoms with Gasteiger partial charge in [0.25, 0.3) is 0 Å². The summed E-state index contributed by atoms with van der Waals surface area (Å²) in [6, 6.07) is 13.4. The Morgan fingerprint density at radius 1 is 1.09 bits per heavy atom. The molecule has 2 atom stereocenters. The van der Waals surface area contributed by atoms with Crippen LogP contribution < -0.4 is 10.1 Å². The molecule has 1 aromatic heterocycles. The lowest BCUT2D eigenvalue weighted by molar-refractivity contribution is -0.121. The minimum absolute atomic E-state index is 0.156. The third kappa shape index (κ3) is 6.05. The number of aromatic nitrogens is 1. The van der Waals surface area contributed by atoms with E-state index in [1.807, 2.05) is 19.1 Å². The van der Waals surface area contributed by atoms with Crippen molar-refractivity contribution in [2.24, 2.45) is 0 Å². The Balaban J connectivity index is 1.69. The summed E-state index contributed by atoms with van der Waals surface area (Å²) in [5.41, 5.74) is 1.75. The van der Waals surface area contributed by atoms with Crippen LogP contribution in [0.5, 0.6) is 5.75 Å². The van der Waals surface area contributed by atoms with Crippen molar-refractivity contribution in [2.45, 2.75) is 38.0 Å². The number of para-hydroxylation sites is 1. The maximum Gasteiger partial charge on any atom is 0.416 e. The number of hydrogen-bond acceptors (Lipinski definition) is 6. The number of amides is 1. The second-order valence-electron chi connectivity index (χ2n) is 7.89. The van der Waals surface area contributed by atoms with Crippen LogP contribution in [-0.2, 0) is 16.0 Å². The fraction of sp³-hybridized carbons (Fsp3) is 0.280. The molecule has 1 amide bonds. The van der Waals surface area contributed by atoms with Crippen molar-refractivity contribution >= 4 is 45.6 Å². The van der Waals surface area contributed by atoms with E-state index < -0.39 is 11.3 Å². The van der Waals surface area contributed by atoms with E-state index in [2.05, 4.69) is 5.32 Å². The van der Waals surface area contributed by atoms with Gasteiger partial charge in [0.05, 0.1) is 17.9 Å². The van der Waals surface area contributed by atoms with Gasteiger partial charge in [-0.15, -0.1) is 0 Å². The Morgan fingerprint density at radius 3 is 2.38 bits per heavy atom. The van der Waals surface area contributed by atoms with Crippen LogP contribution in [0.15, 0.2) is 54.7 Å². The Hall–Kier alpha value is -3.59. The summed E-state index contributed by atoms with van der Waals surface area (Å²) < 4.78 is 6.26. The van der Waals surface area contributed by atoms with Gasteiger partial charge in [-0.1, -0.05) is 30.0 Å². The van der Waals surface area contributed by atoms with E-state index in [4.69, 9.17) is 4.74 Å². The number of benzene rings is 2. The maximum absolute atomic E-state index is 13.0. The molecule has 3 rings (SSSR count). The van der Waals surface area contributed by atoms with Gasteiger partial charge < -0.3 is 15.2 Å². The number of fused-ring (bicyclic) bond motifs is 1. The molecule has 8 nitrogen and oxygen atoms in total. The molecule has 34 heavy (non-hydrogen) atoms. The van der Waals surface area contributed by atoms with Gasteiger partial charge in [0.2, 0.25) is 5.91 Å².